The molecule has 0 aromatic heterocycles. The third-order valence-electron chi connectivity index (χ3n) is 4.93. The molecule has 0 saturated carbocycles. The molecule has 0 N–H and O–H groups in total. The van der Waals surface area contributed by atoms with Gasteiger partial charge in [0, 0.05) is 18.8 Å². The Morgan fingerprint density at radius 1 is 0.846 bits per heavy atom. The summed E-state index contributed by atoms with van der Waals surface area (Å²) >= 11 is 0. The van der Waals surface area contributed by atoms with Crippen LogP contribution in [0.1, 0.15) is 63.0 Å². The molecule has 0 aliphatic rings. The number of rotatable bonds is 12. The van der Waals surface area contributed by atoms with Crippen molar-refractivity contribution in [1.82, 2.24) is 0 Å². The fourth-order valence-electron chi connectivity index (χ4n) is 3.38. The normalized spacial score (nSPS) is 10.7. The first-order valence-corrected chi connectivity index (χ1v) is 10.2. The second-order valence-electron chi connectivity index (χ2n) is 7.23. The van der Waals surface area contributed by atoms with Crippen molar-refractivity contribution in [2.45, 2.75) is 65.3 Å². The summed E-state index contributed by atoms with van der Waals surface area (Å²) in [6.07, 6.45) is 9.42. The standard InChI is InChI=1S/C24H35NO/c1-4-5-6-7-8-9-10-18-25(20-22-13-11-12-21(2)19-22)23-14-16-24(26-3)17-15-23/h11-17,19H,4-10,18,20H2,1-3H3. The summed E-state index contributed by atoms with van der Waals surface area (Å²) in [4.78, 5) is 2.50. The topological polar surface area (TPSA) is 12.5 Å². The lowest BCUT2D eigenvalue weighted by Crippen LogP contribution is -2.24. The highest BCUT2D eigenvalue weighted by atomic mass is 16.5. The Bertz CT molecular complexity index is 620. The average molecular weight is 354 g/mol. The third-order valence-corrected chi connectivity index (χ3v) is 4.93. The van der Waals surface area contributed by atoms with E-state index in [1.165, 1.54) is 61.8 Å². The van der Waals surface area contributed by atoms with Gasteiger partial charge in [0.1, 0.15) is 5.75 Å². The van der Waals surface area contributed by atoms with Gasteiger partial charge in [0.2, 0.25) is 0 Å². The van der Waals surface area contributed by atoms with E-state index >= 15 is 0 Å². The summed E-state index contributed by atoms with van der Waals surface area (Å²) in [6, 6.07) is 17.3. The summed E-state index contributed by atoms with van der Waals surface area (Å²) in [6.45, 7) is 6.51. The van der Waals surface area contributed by atoms with Gasteiger partial charge in [-0.25, -0.2) is 0 Å². The van der Waals surface area contributed by atoms with Crippen LogP contribution >= 0.6 is 0 Å². The number of ether oxygens (including phenoxy) is 1. The van der Waals surface area contributed by atoms with E-state index in [-0.39, 0.29) is 0 Å². The lowest BCUT2D eigenvalue weighted by Gasteiger charge is -2.25. The van der Waals surface area contributed by atoms with Gasteiger partial charge in [0.15, 0.2) is 0 Å². The van der Waals surface area contributed by atoms with Crippen LogP contribution in [0.5, 0.6) is 5.75 Å². The molecule has 26 heavy (non-hydrogen) atoms. The Hall–Kier alpha value is -1.96. The fourth-order valence-corrected chi connectivity index (χ4v) is 3.38. The van der Waals surface area contributed by atoms with Gasteiger partial charge in [0.05, 0.1) is 7.11 Å². The van der Waals surface area contributed by atoms with E-state index in [0.29, 0.717) is 0 Å². The molecule has 0 bridgehead atoms. The molecule has 2 aromatic rings. The maximum Gasteiger partial charge on any atom is 0.119 e. The number of methoxy groups -OCH3 is 1. The second-order valence-corrected chi connectivity index (χ2v) is 7.23. The van der Waals surface area contributed by atoms with E-state index in [2.05, 4.69) is 67.3 Å². The maximum atomic E-state index is 5.31. The number of anilines is 1. The van der Waals surface area contributed by atoms with Crippen molar-refractivity contribution in [3.8, 4) is 5.75 Å². The Balaban J connectivity index is 1.94. The number of hydrogen-bond donors (Lipinski definition) is 0. The first kappa shape index (κ1) is 20.4. The van der Waals surface area contributed by atoms with Gasteiger partial charge in [0.25, 0.3) is 0 Å². The minimum atomic E-state index is 0.917. The highest BCUT2D eigenvalue weighted by Gasteiger charge is 2.08. The molecule has 142 valence electrons. The SMILES string of the molecule is CCCCCCCCCN(Cc1cccc(C)c1)c1ccc(OC)cc1. The molecule has 2 heteroatoms. The van der Waals surface area contributed by atoms with E-state index in [1.54, 1.807) is 7.11 Å². The molecule has 0 amide bonds. The molecule has 0 saturated heterocycles. The van der Waals surface area contributed by atoms with E-state index in [9.17, 15) is 0 Å². The van der Waals surface area contributed by atoms with Crippen molar-refractivity contribution in [2.24, 2.45) is 0 Å². The van der Waals surface area contributed by atoms with Crippen LogP contribution in [0.3, 0.4) is 0 Å². The lowest BCUT2D eigenvalue weighted by atomic mass is 10.1. The van der Waals surface area contributed by atoms with Crippen molar-refractivity contribution in [3.05, 3.63) is 59.7 Å². The van der Waals surface area contributed by atoms with Gasteiger partial charge in [-0.15, -0.1) is 0 Å². The summed E-state index contributed by atoms with van der Waals surface area (Å²) in [5, 5.41) is 0. The zero-order valence-electron chi connectivity index (χ0n) is 16.8. The molecule has 2 aromatic carbocycles. The average Bonchev–Trinajstić information content (AvgIpc) is 2.66. The molecule has 0 fully saturated rings. The molecular formula is C24H35NO. The Morgan fingerprint density at radius 2 is 1.54 bits per heavy atom. The second kappa shape index (κ2) is 11.6. The van der Waals surface area contributed by atoms with Crippen LogP contribution in [0.4, 0.5) is 5.69 Å². The molecule has 2 nitrogen and oxygen atoms in total. The minimum absolute atomic E-state index is 0.917. The summed E-state index contributed by atoms with van der Waals surface area (Å²) in [7, 11) is 1.72. The van der Waals surface area contributed by atoms with Crippen LogP contribution in [-0.4, -0.2) is 13.7 Å². The quantitative estimate of drug-likeness (QED) is 0.391. The highest BCUT2D eigenvalue weighted by Crippen LogP contribution is 2.22. The molecule has 0 spiro atoms. The van der Waals surface area contributed by atoms with Crippen LogP contribution in [0.2, 0.25) is 0 Å². The number of nitrogens with zero attached hydrogens (tertiary/aromatic N) is 1. The summed E-state index contributed by atoms with van der Waals surface area (Å²) in [5.41, 5.74) is 3.98. The first-order valence-electron chi connectivity index (χ1n) is 10.2. The molecule has 2 rings (SSSR count). The molecule has 0 radical (unpaired) electrons. The van der Waals surface area contributed by atoms with E-state index in [0.717, 1.165) is 18.8 Å². The summed E-state index contributed by atoms with van der Waals surface area (Å²) < 4.78 is 5.31. The molecule has 0 unspecified atom stereocenters. The highest BCUT2D eigenvalue weighted by molar-refractivity contribution is 5.49. The van der Waals surface area contributed by atoms with Crippen molar-refractivity contribution in [1.29, 1.82) is 0 Å². The monoisotopic (exact) mass is 353 g/mol. The van der Waals surface area contributed by atoms with E-state index < -0.39 is 0 Å². The van der Waals surface area contributed by atoms with Crippen molar-refractivity contribution in [2.75, 3.05) is 18.6 Å². The van der Waals surface area contributed by atoms with Gasteiger partial charge < -0.3 is 9.64 Å². The number of hydrogen-bond acceptors (Lipinski definition) is 2. The largest absolute Gasteiger partial charge is 0.497 e. The predicted octanol–water partition coefficient (Wildman–Crippen LogP) is 6.76. The van der Waals surface area contributed by atoms with Gasteiger partial charge in [-0.05, 0) is 43.2 Å². The van der Waals surface area contributed by atoms with Gasteiger partial charge in [-0.3, -0.25) is 0 Å². The molecule has 0 atom stereocenters. The first-order chi connectivity index (χ1) is 12.7. The van der Waals surface area contributed by atoms with Crippen LogP contribution < -0.4 is 9.64 Å². The molecule has 0 heterocycles. The van der Waals surface area contributed by atoms with Crippen molar-refractivity contribution < 1.29 is 4.74 Å². The van der Waals surface area contributed by atoms with Gasteiger partial charge in [-0.2, -0.15) is 0 Å². The molecule has 0 aliphatic carbocycles. The van der Waals surface area contributed by atoms with Crippen LogP contribution in [0, 0.1) is 6.92 Å². The number of unbranched alkanes of at least 4 members (excludes halogenated alkanes) is 6. The van der Waals surface area contributed by atoms with Gasteiger partial charge in [-0.1, -0.05) is 75.3 Å². The number of aryl methyl sites for hydroxylation is 1. The predicted molar refractivity (Wildman–Crippen MR) is 113 cm³/mol. The Labute approximate surface area is 160 Å². The molecular weight excluding hydrogens is 318 g/mol. The van der Waals surface area contributed by atoms with Crippen molar-refractivity contribution in [3.63, 3.8) is 0 Å². The molecule has 0 aliphatic heterocycles. The zero-order valence-corrected chi connectivity index (χ0v) is 16.8. The fraction of sp³-hybridized carbons (Fsp3) is 0.500. The van der Waals surface area contributed by atoms with Gasteiger partial charge >= 0.3 is 0 Å². The van der Waals surface area contributed by atoms with Crippen LogP contribution in [0.15, 0.2) is 48.5 Å². The van der Waals surface area contributed by atoms with Crippen LogP contribution in [0.25, 0.3) is 0 Å². The lowest BCUT2D eigenvalue weighted by molar-refractivity contribution is 0.415. The zero-order chi connectivity index (χ0) is 18.6. The van der Waals surface area contributed by atoms with Crippen LogP contribution in [-0.2, 0) is 6.54 Å². The van der Waals surface area contributed by atoms with E-state index in [1.807, 2.05) is 0 Å². The summed E-state index contributed by atoms with van der Waals surface area (Å²) in [5.74, 6) is 0.917. The Kier molecular flexibility index (Phi) is 9.09. The Morgan fingerprint density at radius 3 is 2.19 bits per heavy atom. The maximum absolute atomic E-state index is 5.31. The smallest absolute Gasteiger partial charge is 0.119 e. The number of benzene rings is 2. The van der Waals surface area contributed by atoms with Crippen molar-refractivity contribution >= 4 is 5.69 Å². The minimum Gasteiger partial charge on any atom is -0.497 e. The third kappa shape index (κ3) is 7.11. The van der Waals surface area contributed by atoms with E-state index in [4.69, 9.17) is 4.74 Å².